The van der Waals surface area contributed by atoms with Gasteiger partial charge in [-0.05, 0) is 37.9 Å². The number of phenolic OH excluding ortho intramolecular Hbond substituents is 1. The number of rotatable bonds is 7. The van der Waals surface area contributed by atoms with Crippen molar-refractivity contribution in [2.75, 3.05) is 25.6 Å². The number of aliphatic hydroxyl groups is 3. The molecule has 0 aromatic heterocycles. The molecule has 6 atom stereocenters. The molecule has 210 valence electrons. The summed E-state index contributed by atoms with van der Waals surface area (Å²) in [6, 6.07) is 3.21. The number of thioether (sulfide) groups is 1. The Morgan fingerprint density at radius 1 is 1.18 bits per heavy atom. The number of fused-ring (bicyclic) bond motifs is 3. The maximum absolute atomic E-state index is 14.2. The maximum Gasteiger partial charge on any atom is 0.302 e. The maximum atomic E-state index is 14.2. The smallest absolute Gasteiger partial charge is 0.302 e. The van der Waals surface area contributed by atoms with E-state index in [0.29, 0.717) is 11.3 Å². The fraction of sp³-hybridized carbons (Fsp3) is 0.481. The molecule has 1 amide bonds. The van der Waals surface area contributed by atoms with Crippen LogP contribution in [-0.2, 0) is 23.9 Å². The average molecular weight is 561 g/mol. The third-order valence-corrected chi connectivity index (χ3v) is 9.01. The number of carbonyl (C=O) groups excluding carboxylic acids is 4. The van der Waals surface area contributed by atoms with Crippen LogP contribution >= 0.6 is 11.8 Å². The van der Waals surface area contributed by atoms with Gasteiger partial charge in [-0.2, -0.15) is 11.8 Å². The van der Waals surface area contributed by atoms with Gasteiger partial charge in [-0.15, -0.1) is 0 Å². The highest BCUT2D eigenvalue weighted by atomic mass is 32.2. The molecular formula is C27H32N2O9S. The quantitative estimate of drug-likeness (QED) is 0.183. The Labute approximate surface area is 229 Å². The van der Waals surface area contributed by atoms with Crippen molar-refractivity contribution in [3.8, 4) is 5.75 Å². The monoisotopic (exact) mass is 560 g/mol. The van der Waals surface area contributed by atoms with Gasteiger partial charge in [0.15, 0.2) is 11.4 Å². The van der Waals surface area contributed by atoms with E-state index < -0.39 is 76.0 Å². The lowest BCUT2D eigenvalue weighted by Gasteiger charge is -2.54. The number of hydrogen-bond donors (Lipinski definition) is 5. The second kappa shape index (κ2) is 10.3. The summed E-state index contributed by atoms with van der Waals surface area (Å²) in [7, 11) is 2.95. The number of aliphatic hydroxyl groups excluding tert-OH is 2. The number of ether oxygens (including phenoxy) is 1. The second-order valence-electron chi connectivity index (χ2n) is 10.3. The molecule has 1 aromatic rings. The molecule has 0 saturated heterocycles. The van der Waals surface area contributed by atoms with Crippen LogP contribution < -0.4 is 5.73 Å². The van der Waals surface area contributed by atoms with Crippen molar-refractivity contribution in [3.05, 3.63) is 46.2 Å². The van der Waals surface area contributed by atoms with Gasteiger partial charge in [0.25, 0.3) is 5.91 Å². The normalized spacial score (nSPS) is 30.2. The van der Waals surface area contributed by atoms with E-state index in [1.807, 2.05) is 6.92 Å². The molecule has 1 aromatic carbocycles. The third-order valence-electron chi connectivity index (χ3n) is 7.72. The molecule has 0 heterocycles. The molecule has 3 aliphatic rings. The summed E-state index contributed by atoms with van der Waals surface area (Å²) < 4.78 is 5.75. The molecule has 0 bridgehead atoms. The second-order valence-corrected chi connectivity index (χ2v) is 11.4. The van der Waals surface area contributed by atoms with Gasteiger partial charge < -0.3 is 30.9 Å². The molecular weight excluding hydrogens is 528 g/mol. The van der Waals surface area contributed by atoms with E-state index in [0.717, 1.165) is 19.1 Å². The number of nitrogens with zero attached hydrogens (tertiary/aromatic N) is 1. The summed E-state index contributed by atoms with van der Waals surface area (Å²) in [5.74, 6) is -8.54. The van der Waals surface area contributed by atoms with Gasteiger partial charge in [0.1, 0.15) is 28.9 Å². The van der Waals surface area contributed by atoms with Gasteiger partial charge in [0.05, 0.1) is 17.5 Å². The van der Waals surface area contributed by atoms with Gasteiger partial charge in [0.2, 0.25) is 5.78 Å². The highest BCUT2D eigenvalue weighted by Crippen LogP contribution is 2.57. The molecule has 39 heavy (non-hydrogen) atoms. The Bertz CT molecular complexity index is 1320. The topological polar surface area (TPSA) is 188 Å². The molecule has 0 spiro atoms. The molecule has 11 nitrogen and oxygen atoms in total. The zero-order valence-corrected chi connectivity index (χ0v) is 22.8. The van der Waals surface area contributed by atoms with Crippen molar-refractivity contribution in [1.29, 1.82) is 0 Å². The van der Waals surface area contributed by atoms with E-state index in [-0.39, 0.29) is 16.9 Å². The van der Waals surface area contributed by atoms with Gasteiger partial charge in [0, 0.05) is 30.1 Å². The van der Waals surface area contributed by atoms with Crippen LogP contribution in [0.5, 0.6) is 5.75 Å². The Morgan fingerprint density at radius 3 is 2.41 bits per heavy atom. The van der Waals surface area contributed by atoms with Gasteiger partial charge in [-0.3, -0.25) is 24.1 Å². The number of Topliss-reactive ketones (excluding diaryl/α,β-unsaturated/α-hetero) is 2. The molecule has 3 aliphatic carbocycles. The fourth-order valence-corrected chi connectivity index (χ4v) is 7.35. The number of nitrogens with two attached hydrogens (primary N) is 1. The Morgan fingerprint density at radius 2 is 1.85 bits per heavy atom. The summed E-state index contributed by atoms with van der Waals surface area (Å²) in [6.45, 7) is 3.12. The minimum atomic E-state index is -2.95. The van der Waals surface area contributed by atoms with Crippen molar-refractivity contribution < 1.29 is 44.3 Å². The van der Waals surface area contributed by atoms with Crippen molar-refractivity contribution in [3.63, 3.8) is 0 Å². The van der Waals surface area contributed by atoms with E-state index in [1.165, 1.54) is 25.1 Å². The first-order chi connectivity index (χ1) is 18.3. The zero-order valence-electron chi connectivity index (χ0n) is 22.0. The third kappa shape index (κ3) is 4.21. The van der Waals surface area contributed by atoms with Crippen LogP contribution in [0, 0.1) is 11.8 Å². The number of ketones is 2. The zero-order chi connectivity index (χ0) is 29.0. The van der Waals surface area contributed by atoms with Crippen LogP contribution in [0.4, 0.5) is 0 Å². The summed E-state index contributed by atoms with van der Waals surface area (Å²) >= 11 is 1.55. The highest BCUT2D eigenvalue weighted by molar-refractivity contribution is 7.99. The first-order valence-corrected chi connectivity index (χ1v) is 13.7. The number of aromatic hydroxyl groups is 1. The van der Waals surface area contributed by atoms with Crippen molar-refractivity contribution in [1.82, 2.24) is 4.90 Å². The number of amides is 1. The van der Waals surface area contributed by atoms with Crippen LogP contribution in [0.2, 0.25) is 0 Å². The van der Waals surface area contributed by atoms with E-state index in [4.69, 9.17) is 10.5 Å². The van der Waals surface area contributed by atoms with Crippen LogP contribution in [0.1, 0.15) is 37.3 Å². The number of hydrogen-bond acceptors (Lipinski definition) is 11. The van der Waals surface area contributed by atoms with E-state index in [1.54, 1.807) is 23.9 Å². The lowest BCUT2D eigenvalue weighted by atomic mass is 9.54. The fourth-order valence-electron chi connectivity index (χ4n) is 6.25. The SMILES string of the molecule is CCCSC[C@@H]1c2cccc(O)c2C(O)=C2C(=O)[C@]3(O)C(O)=C(C(N)=O)C(=O)[C@@H](N(C)C)[C@@H]3[C@H](OC(C)=O)[C@H]21. The number of benzene rings is 1. The molecule has 6 N–H and O–H groups in total. The molecule has 1 saturated carbocycles. The molecule has 4 rings (SSSR count). The van der Waals surface area contributed by atoms with E-state index in [2.05, 4.69) is 0 Å². The first-order valence-electron chi connectivity index (χ1n) is 12.5. The number of phenols is 1. The first kappa shape index (κ1) is 28.7. The number of carbonyl (C=O) groups is 4. The van der Waals surface area contributed by atoms with E-state index >= 15 is 0 Å². The van der Waals surface area contributed by atoms with Crippen LogP contribution in [-0.4, -0.2) is 92.1 Å². The van der Waals surface area contributed by atoms with E-state index in [9.17, 15) is 39.6 Å². The number of esters is 1. The van der Waals surface area contributed by atoms with Gasteiger partial charge in [-0.1, -0.05) is 19.1 Å². The Kier molecular flexibility index (Phi) is 7.58. The molecule has 0 unspecified atom stereocenters. The average Bonchev–Trinajstić information content (AvgIpc) is 2.84. The van der Waals surface area contributed by atoms with Crippen molar-refractivity contribution in [2.45, 2.75) is 43.9 Å². The molecule has 0 radical (unpaired) electrons. The largest absolute Gasteiger partial charge is 0.508 e. The Balaban J connectivity index is 2.10. The highest BCUT2D eigenvalue weighted by Gasteiger charge is 2.69. The molecule has 12 heteroatoms. The summed E-state index contributed by atoms with van der Waals surface area (Å²) in [5.41, 5.74) is 1.59. The van der Waals surface area contributed by atoms with Crippen LogP contribution in [0.15, 0.2) is 35.1 Å². The van der Waals surface area contributed by atoms with Crippen molar-refractivity contribution >= 4 is 41.0 Å². The lowest BCUT2D eigenvalue weighted by molar-refractivity contribution is -0.184. The molecule has 0 aliphatic heterocycles. The predicted molar refractivity (Wildman–Crippen MR) is 142 cm³/mol. The number of likely N-dealkylation sites (N-methyl/N-ethyl adjacent to an activating group) is 1. The minimum Gasteiger partial charge on any atom is -0.508 e. The van der Waals surface area contributed by atoms with Crippen LogP contribution in [0.25, 0.3) is 5.76 Å². The van der Waals surface area contributed by atoms with Crippen LogP contribution in [0.3, 0.4) is 0 Å². The van der Waals surface area contributed by atoms with Gasteiger partial charge >= 0.3 is 5.97 Å². The predicted octanol–water partition coefficient (Wildman–Crippen LogP) is 1.19. The summed E-state index contributed by atoms with van der Waals surface area (Å²) in [4.78, 5) is 53.8. The van der Waals surface area contributed by atoms with Gasteiger partial charge in [-0.25, -0.2) is 0 Å². The Hall–Kier alpha value is -3.35. The lowest BCUT2D eigenvalue weighted by Crippen LogP contribution is -2.71. The molecule has 1 fully saturated rings. The minimum absolute atomic E-state index is 0.0162. The summed E-state index contributed by atoms with van der Waals surface area (Å²) in [5, 5.41) is 45.2. The summed E-state index contributed by atoms with van der Waals surface area (Å²) in [6.07, 6.45) is -0.554. The van der Waals surface area contributed by atoms with Crippen molar-refractivity contribution in [2.24, 2.45) is 17.6 Å². The standard InChI is InChI=1S/C27H32N2O9S/c1-5-9-39-10-13-12-7-6-8-14(31)15(12)21(32)17-16(13)23(38-11(2)30)19-20(29(3)4)22(33)18(26(28)36)25(35)27(19,37)24(17)34/h6-8,13,16,19-20,23,31-32,35,37H,5,9-10H2,1-4H3,(H2,28,36)/t13-,16+,19-,20+,23-,27+/m1/s1. The number of primary amides is 1.